The van der Waals surface area contributed by atoms with Gasteiger partial charge in [0.1, 0.15) is 12.4 Å². The number of carbonyl (C=O) groups excluding carboxylic acids is 1. The molecule has 0 aliphatic rings. The van der Waals surface area contributed by atoms with Crippen molar-refractivity contribution < 1.29 is 14.3 Å². The Balaban J connectivity index is 3.09. The normalized spacial score (nSPS) is 11.3. The van der Waals surface area contributed by atoms with E-state index < -0.39 is 5.97 Å². The van der Waals surface area contributed by atoms with Crippen LogP contribution in [0.1, 0.15) is 37.5 Å². The Bertz CT molecular complexity index is 461. The minimum absolute atomic E-state index is 0.0360. The molecule has 4 nitrogen and oxygen atoms in total. The van der Waals surface area contributed by atoms with Crippen LogP contribution in [-0.4, -0.2) is 19.6 Å². The van der Waals surface area contributed by atoms with Gasteiger partial charge in [0.25, 0.3) is 0 Å². The molecular formula is C15H23NO3. The van der Waals surface area contributed by atoms with Crippen LogP contribution in [0.3, 0.4) is 0 Å². The topological polar surface area (TPSA) is 61.5 Å². The summed E-state index contributed by atoms with van der Waals surface area (Å²) in [5.74, 6) is 0.464. The van der Waals surface area contributed by atoms with E-state index in [-0.39, 0.29) is 18.6 Å². The van der Waals surface area contributed by atoms with Crippen LogP contribution in [0, 0.1) is 6.92 Å². The summed E-state index contributed by atoms with van der Waals surface area (Å²) >= 11 is 0. The van der Waals surface area contributed by atoms with Crippen LogP contribution in [-0.2, 0) is 21.6 Å². The van der Waals surface area contributed by atoms with E-state index in [9.17, 15) is 4.79 Å². The van der Waals surface area contributed by atoms with Crippen molar-refractivity contribution in [3.8, 4) is 5.75 Å². The number of aryl methyl sites for hydroxylation is 1. The molecule has 1 aromatic rings. The summed E-state index contributed by atoms with van der Waals surface area (Å²) in [6.45, 7) is 8.48. The van der Waals surface area contributed by atoms with Gasteiger partial charge in [-0.2, -0.15) is 0 Å². The highest BCUT2D eigenvalue weighted by Crippen LogP contribution is 2.33. The van der Waals surface area contributed by atoms with Gasteiger partial charge in [-0.3, -0.25) is 4.79 Å². The molecule has 0 aliphatic carbocycles. The second-order valence-corrected chi connectivity index (χ2v) is 5.59. The highest BCUT2D eigenvalue weighted by molar-refractivity contribution is 5.71. The molecule has 1 rings (SSSR count). The summed E-state index contributed by atoms with van der Waals surface area (Å²) < 4.78 is 10.5. The smallest absolute Gasteiger partial charge is 0.320 e. The van der Waals surface area contributed by atoms with E-state index in [1.165, 1.54) is 0 Å². The molecule has 19 heavy (non-hydrogen) atoms. The molecule has 2 N–H and O–H groups in total. The SMILES string of the molecule is COc1cc(C)c(COC(=O)CN)cc1C(C)(C)C. The molecule has 0 aliphatic heterocycles. The molecule has 0 unspecified atom stereocenters. The molecule has 0 atom stereocenters. The zero-order valence-corrected chi connectivity index (χ0v) is 12.4. The summed E-state index contributed by atoms with van der Waals surface area (Å²) in [6, 6.07) is 4.02. The Labute approximate surface area is 114 Å². The molecule has 0 saturated heterocycles. The number of benzene rings is 1. The van der Waals surface area contributed by atoms with Gasteiger partial charge in [0.15, 0.2) is 0 Å². The Morgan fingerprint density at radius 1 is 1.32 bits per heavy atom. The molecular weight excluding hydrogens is 242 g/mol. The zero-order valence-electron chi connectivity index (χ0n) is 12.4. The van der Waals surface area contributed by atoms with Crippen LogP contribution in [0.5, 0.6) is 5.75 Å². The van der Waals surface area contributed by atoms with Crippen molar-refractivity contribution in [3.05, 3.63) is 28.8 Å². The minimum Gasteiger partial charge on any atom is -0.496 e. The average molecular weight is 265 g/mol. The van der Waals surface area contributed by atoms with E-state index in [0.717, 1.165) is 22.4 Å². The van der Waals surface area contributed by atoms with Gasteiger partial charge in [0.05, 0.1) is 13.7 Å². The van der Waals surface area contributed by atoms with E-state index >= 15 is 0 Å². The van der Waals surface area contributed by atoms with Crippen molar-refractivity contribution in [1.82, 2.24) is 0 Å². The van der Waals surface area contributed by atoms with Gasteiger partial charge in [0.2, 0.25) is 0 Å². The number of carbonyl (C=O) groups is 1. The number of esters is 1. The molecule has 0 radical (unpaired) electrons. The molecule has 0 saturated carbocycles. The third-order valence-corrected chi connectivity index (χ3v) is 3.02. The number of nitrogens with two attached hydrogens (primary N) is 1. The van der Waals surface area contributed by atoms with Crippen LogP contribution >= 0.6 is 0 Å². The Kier molecular flexibility index (Phi) is 4.95. The Morgan fingerprint density at radius 2 is 1.95 bits per heavy atom. The first-order valence-electron chi connectivity index (χ1n) is 6.33. The van der Waals surface area contributed by atoms with Gasteiger partial charge in [-0.1, -0.05) is 20.8 Å². The molecule has 0 amide bonds. The van der Waals surface area contributed by atoms with E-state index in [1.54, 1.807) is 7.11 Å². The lowest BCUT2D eigenvalue weighted by molar-refractivity contribution is -0.143. The molecule has 106 valence electrons. The second kappa shape index (κ2) is 6.06. The van der Waals surface area contributed by atoms with Crippen LogP contribution in [0.2, 0.25) is 0 Å². The zero-order chi connectivity index (χ0) is 14.6. The quantitative estimate of drug-likeness (QED) is 0.849. The number of hydrogen-bond donors (Lipinski definition) is 1. The summed E-state index contributed by atoms with van der Waals surface area (Å²) in [6.07, 6.45) is 0. The van der Waals surface area contributed by atoms with Crippen LogP contribution in [0.15, 0.2) is 12.1 Å². The monoisotopic (exact) mass is 265 g/mol. The van der Waals surface area contributed by atoms with Crippen molar-refractivity contribution in [2.45, 2.75) is 39.7 Å². The van der Waals surface area contributed by atoms with Crippen molar-refractivity contribution in [1.29, 1.82) is 0 Å². The van der Waals surface area contributed by atoms with Gasteiger partial charge in [-0.25, -0.2) is 0 Å². The maximum absolute atomic E-state index is 11.1. The number of hydrogen-bond acceptors (Lipinski definition) is 4. The highest BCUT2D eigenvalue weighted by Gasteiger charge is 2.20. The van der Waals surface area contributed by atoms with Crippen molar-refractivity contribution in [3.63, 3.8) is 0 Å². The summed E-state index contributed by atoms with van der Waals surface area (Å²) in [4.78, 5) is 11.1. The molecule has 0 heterocycles. The number of rotatable bonds is 4. The summed E-state index contributed by atoms with van der Waals surface area (Å²) in [7, 11) is 1.66. The number of methoxy groups -OCH3 is 1. The first-order chi connectivity index (χ1) is 8.79. The summed E-state index contributed by atoms with van der Waals surface area (Å²) in [5.41, 5.74) is 8.30. The molecule has 1 aromatic carbocycles. The van der Waals surface area contributed by atoms with Gasteiger partial charge in [0, 0.05) is 0 Å². The minimum atomic E-state index is -0.396. The maximum atomic E-state index is 11.1. The van der Waals surface area contributed by atoms with Crippen LogP contribution in [0.25, 0.3) is 0 Å². The second-order valence-electron chi connectivity index (χ2n) is 5.59. The van der Waals surface area contributed by atoms with Crippen molar-refractivity contribution >= 4 is 5.97 Å². The molecule has 4 heteroatoms. The first kappa shape index (κ1) is 15.5. The molecule has 0 aromatic heterocycles. The van der Waals surface area contributed by atoms with Crippen LogP contribution in [0.4, 0.5) is 0 Å². The fourth-order valence-corrected chi connectivity index (χ4v) is 1.85. The van der Waals surface area contributed by atoms with E-state index in [0.29, 0.717) is 0 Å². The predicted octanol–water partition coefficient (Wildman–Crippen LogP) is 2.30. The van der Waals surface area contributed by atoms with E-state index in [4.69, 9.17) is 15.2 Å². The fraction of sp³-hybridized carbons (Fsp3) is 0.533. The third-order valence-electron chi connectivity index (χ3n) is 3.02. The van der Waals surface area contributed by atoms with Gasteiger partial charge in [-0.15, -0.1) is 0 Å². The number of ether oxygens (including phenoxy) is 2. The largest absolute Gasteiger partial charge is 0.496 e. The molecule has 0 bridgehead atoms. The lowest BCUT2D eigenvalue weighted by Gasteiger charge is -2.24. The first-order valence-corrected chi connectivity index (χ1v) is 6.33. The van der Waals surface area contributed by atoms with Gasteiger partial charge in [-0.05, 0) is 41.2 Å². The third kappa shape index (κ3) is 3.96. The van der Waals surface area contributed by atoms with Crippen LogP contribution < -0.4 is 10.5 Å². The maximum Gasteiger partial charge on any atom is 0.320 e. The predicted molar refractivity (Wildman–Crippen MR) is 75.3 cm³/mol. The van der Waals surface area contributed by atoms with E-state index in [2.05, 4.69) is 20.8 Å². The lowest BCUT2D eigenvalue weighted by atomic mass is 9.84. The lowest BCUT2D eigenvalue weighted by Crippen LogP contribution is -2.18. The van der Waals surface area contributed by atoms with E-state index in [1.807, 2.05) is 19.1 Å². The standard InChI is InChI=1S/C15H23NO3/c1-10-6-13(18-5)12(15(2,3)4)7-11(10)9-19-14(17)8-16/h6-7H,8-9,16H2,1-5H3. The van der Waals surface area contributed by atoms with Gasteiger partial charge >= 0.3 is 5.97 Å². The highest BCUT2D eigenvalue weighted by atomic mass is 16.5. The van der Waals surface area contributed by atoms with Gasteiger partial charge < -0.3 is 15.2 Å². The van der Waals surface area contributed by atoms with Crippen molar-refractivity contribution in [2.24, 2.45) is 5.73 Å². The fourth-order valence-electron chi connectivity index (χ4n) is 1.85. The molecule has 0 fully saturated rings. The molecule has 0 spiro atoms. The Morgan fingerprint density at radius 3 is 2.42 bits per heavy atom. The Hall–Kier alpha value is -1.55. The summed E-state index contributed by atoms with van der Waals surface area (Å²) in [5, 5.41) is 0. The average Bonchev–Trinajstić information content (AvgIpc) is 2.34. The van der Waals surface area contributed by atoms with Crippen molar-refractivity contribution in [2.75, 3.05) is 13.7 Å².